The first kappa shape index (κ1) is 22.6. The van der Waals surface area contributed by atoms with E-state index >= 15 is 0 Å². The van der Waals surface area contributed by atoms with Gasteiger partial charge >= 0.3 is 0 Å². The van der Waals surface area contributed by atoms with Gasteiger partial charge in [0.25, 0.3) is 11.8 Å². The predicted octanol–water partition coefficient (Wildman–Crippen LogP) is 3.29. The standard InChI is InChI=1S/C21H26N4O3S/c1-3-25(4-2)13-14-29-19-10-8-16(9-11-20(26)24-28)15-18(19)23-21(27)17-7-5-6-12-22-17/h5-12,15,28H,3-4,13-14H2,1-2H3,(H,23,27)(H,24,26)/b11-9+. The molecule has 3 N–H and O–H groups in total. The molecule has 0 atom stereocenters. The normalized spacial score (nSPS) is 11.0. The van der Waals surface area contributed by atoms with Crippen LogP contribution < -0.4 is 10.8 Å². The minimum atomic E-state index is -0.623. The Morgan fingerprint density at radius 1 is 1.21 bits per heavy atom. The number of nitrogens with one attached hydrogen (secondary N) is 2. The number of hydrogen-bond acceptors (Lipinski definition) is 6. The molecule has 0 aliphatic rings. The molecule has 1 aromatic carbocycles. The fourth-order valence-electron chi connectivity index (χ4n) is 2.59. The molecule has 154 valence electrons. The first-order valence-corrected chi connectivity index (χ1v) is 10.4. The Bertz CT molecular complexity index is 839. The summed E-state index contributed by atoms with van der Waals surface area (Å²) >= 11 is 1.66. The van der Waals surface area contributed by atoms with E-state index in [0.29, 0.717) is 11.4 Å². The second-order valence-electron chi connectivity index (χ2n) is 6.11. The third-order valence-electron chi connectivity index (χ3n) is 4.25. The molecule has 7 nitrogen and oxygen atoms in total. The molecular formula is C21H26N4O3S. The van der Waals surface area contributed by atoms with E-state index in [4.69, 9.17) is 5.21 Å². The third-order valence-corrected chi connectivity index (χ3v) is 5.30. The van der Waals surface area contributed by atoms with Crippen LogP contribution in [-0.2, 0) is 4.79 Å². The highest BCUT2D eigenvalue weighted by Crippen LogP contribution is 2.29. The molecule has 2 aromatic rings. The van der Waals surface area contributed by atoms with Crippen molar-refractivity contribution in [3.8, 4) is 0 Å². The second kappa shape index (κ2) is 12.0. The van der Waals surface area contributed by atoms with Gasteiger partial charge in [0.15, 0.2) is 0 Å². The molecule has 29 heavy (non-hydrogen) atoms. The van der Waals surface area contributed by atoms with Crippen molar-refractivity contribution in [2.75, 3.05) is 30.7 Å². The van der Waals surface area contributed by atoms with Gasteiger partial charge in [0.2, 0.25) is 0 Å². The number of anilines is 1. The zero-order valence-electron chi connectivity index (χ0n) is 16.6. The molecule has 0 unspecified atom stereocenters. The molecule has 0 saturated carbocycles. The lowest BCUT2D eigenvalue weighted by molar-refractivity contribution is -0.124. The van der Waals surface area contributed by atoms with E-state index in [2.05, 4.69) is 29.0 Å². The molecule has 0 aliphatic carbocycles. The van der Waals surface area contributed by atoms with Crippen molar-refractivity contribution >= 4 is 35.3 Å². The summed E-state index contributed by atoms with van der Waals surface area (Å²) < 4.78 is 0. The number of hydrogen-bond donors (Lipinski definition) is 3. The highest BCUT2D eigenvalue weighted by Gasteiger charge is 2.11. The van der Waals surface area contributed by atoms with Gasteiger partial charge in [0, 0.05) is 29.5 Å². The van der Waals surface area contributed by atoms with Crippen LogP contribution in [0, 0.1) is 0 Å². The van der Waals surface area contributed by atoms with Crippen LogP contribution in [0.1, 0.15) is 29.9 Å². The van der Waals surface area contributed by atoms with Gasteiger partial charge in [-0.2, -0.15) is 0 Å². The SMILES string of the molecule is CCN(CC)CCSc1ccc(/C=C/C(=O)NO)cc1NC(=O)c1ccccn1. The van der Waals surface area contributed by atoms with E-state index < -0.39 is 5.91 Å². The summed E-state index contributed by atoms with van der Waals surface area (Å²) in [6.45, 7) is 7.21. The Balaban J connectivity index is 2.20. The summed E-state index contributed by atoms with van der Waals surface area (Å²) in [6, 6.07) is 10.7. The van der Waals surface area contributed by atoms with Crippen molar-refractivity contribution in [3.05, 3.63) is 59.9 Å². The van der Waals surface area contributed by atoms with Crippen LogP contribution in [-0.4, -0.2) is 52.3 Å². The highest BCUT2D eigenvalue weighted by atomic mass is 32.2. The molecule has 2 amide bonds. The van der Waals surface area contributed by atoms with Crippen molar-refractivity contribution in [1.82, 2.24) is 15.4 Å². The number of amides is 2. The van der Waals surface area contributed by atoms with Gasteiger partial charge in [-0.25, -0.2) is 5.48 Å². The Hall–Kier alpha value is -2.68. The van der Waals surface area contributed by atoms with Crippen LogP contribution in [0.4, 0.5) is 5.69 Å². The number of pyridine rings is 1. The largest absolute Gasteiger partial charge is 0.320 e. The van der Waals surface area contributed by atoms with Gasteiger partial charge in [0.05, 0.1) is 5.69 Å². The Kier molecular flexibility index (Phi) is 9.36. The second-order valence-corrected chi connectivity index (χ2v) is 7.25. The van der Waals surface area contributed by atoms with Crippen molar-refractivity contribution < 1.29 is 14.8 Å². The minimum absolute atomic E-state index is 0.301. The maximum absolute atomic E-state index is 12.6. The van der Waals surface area contributed by atoms with Crippen molar-refractivity contribution in [2.24, 2.45) is 0 Å². The zero-order valence-corrected chi connectivity index (χ0v) is 17.4. The predicted molar refractivity (Wildman–Crippen MR) is 116 cm³/mol. The summed E-state index contributed by atoms with van der Waals surface area (Å²) in [5.41, 5.74) is 3.25. The molecule has 8 heteroatoms. The number of aromatic nitrogens is 1. The topological polar surface area (TPSA) is 94.6 Å². The monoisotopic (exact) mass is 414 g/mol. The smallest absolute Gasteiger partial charge is 0.274 e. The minimum Gasteiger partial charge on any atom is -0.320 e. The van der Waals surface area contributed by atoms with Crippen LogP contribution in [0.3, 0.4) is 0 Å². The summed E-state index contributed by atoms with van der Waals surface area (Å²) in [5.74, 6) is -0.0388. The van der Waals surface area contributed by atoms with Gasteiger partial charge in [-0.1, -0.05) is 26.0 Å². The van der Waals surface area contributed by atoms with Crippen LogP contribution >= 0.6 is 11.8 Å². The van der Waals surface area contributed by atoms with Crippen molar-refractivity contribution in [3.63, 3.8) is 0 Å². The molecule has 0 radical (unpaired) electrons. The highest BCUT2D eigenvalue weighted by molar-refractivity contribution is 7.99. The third kappa shape index (κ3) is 7.34. The van der Waals surface area contributed by atoms with Gasteiger partial charge in [-0.3, -0.25) is 19.8 Å². The van der Waals surface area contributed by atoms with Gasteiger partial charge in [0.1, 0.15) is 5.69 Å². The van der Waals surface area contributed by atoms with Gasteiger partial charge in [-0.05, 0) is 49.0 Å². The van der Waals surface area contributed by atoms with E-state index in [0.717, 1.165) is 35.8 Å². The molecule has 2 rings (SSSR count). The number of thioether (sulfide) groups is 1. The summed E-state index contributed by atoms with van der Waals surface area (Å²) in [5, 5.41) is 11.5. The molecule has 0 fully saturated rings. The molecule has 0 spiro atoms. The lowest BCUT2D eigenvalue weighted by atomic mass is 10.1. The van der Waals surface area contributed by atoms with Gasteiger partial charge < -0.3 is 10.2 Å². The lowest BCUT2D eigenvalue weighted by Gasteiger charge is -2.18. The molecular weight excluding hydrogens is 388 g/mol. The lowest BCUT2D eigenvalue weighted by Crippen LogP contribution is -2.25. The first-order valence-electron chi connectivity index (χ1n) is 9.41. The van der Waals surface area contributed by atoms with Crippen molar-refractivity contribution in [1.29, 1.82) is 0 Å². The Labute approximate surface area is 175 Å². The first-order chi connectivity index (χ1) is 14.1. The van der Waals surface area contributed by atoms with E-state index in [1.165, 1.54) is 6.08 Å². The number of rotatable bonds is 10. The van der Waals surface area contributed by atoms with Gasteiger partial charge in [-0.15, -0.1) is 11.8 Å². The van der Waals surface area contributed by atoms with Crippen LogP contribution in [0.25, 0.3) is 6.08 Å². The average Bonchev–Trinajstić information content (AvgIpc) is 2.76. The van der Waals surface area contributed by atoms with Crippen LogP contribution in [0.15, 0.2) is 53.6 Å². The van der Waals surface area contributed by atoms with E-state index in [1.54, 1.807) is 53.8 Å². The molecule has 0 saturated heterocycles. The van der Waals surface area contributed by atoms with Crippen molar-refractivity contribution in [2.45, 2.75) is 18.7 Å². The Morgan fingerprint density at radius 2 is 2.00 bits per heavy atom. The number of benzene rings is 1. The molecule has 0 aliphatic heterocycles. The average molecular weight is 415 g/mol. The molecule has 1 aromatic heterocycles. The summed E-state index contributed by atoms with van der Waals surface area (Å²) in [6.07, 6.45) is 4.35. The molecule has 1 heterocycles. The number of hydroxylamine groups is 1. The summed E-state index contributed by atoms with van der Waals surface area (Å²) in [7, 11) is 0. The Morgan fingerprint density at radius 3 is 2.66 bits per heavy atom. The fourth-order valence-corrected chi connectivity index (χ4v) is 3.59. The quantitative estimate of drug-likeness (QED) is 0.239. The number of carbonyl (C=O) groups is 2. The zero-order chi connectivity index (χ0) is 21.1. The van der Waals surface area contributed by atoms with Crippen LogP contribution in [0.5, 0.6) is 0 Å². The van der Waals surface area contributed by atoms with Crippen LogP contribution in [0.2, 0.25) is 0 Å². The fraction of sp³-hybridized carbons (Fsp3) is 0.286. The molecule has 0 bridgehead atoms. The van der Waals surface area contributed by atoms with E-state index in [9.17, 15) is 9.59 Å². The maximum Gasteiger partial charge on any atom is 0.274 e. The van der Waals surface area contributed by atoms with E-state index in [1.807, 2.05) is 12.1 Å². The number of nitrogens with zero attached hydrogens (tertiary/aromatic N) is 2. The van der Waals surface area contributed by atoms with E-state index in [-0.39, 0.29) is 5.91 Å². The maximum atomic E-state index is 12.6. The summed E-state index contributed by atoms with van der Waals surface area (Å²) in [4.78, 5) is 31.1. The number of carbonyl (C=O) groups excluding carboxylic acids is 2.